The third kappa shape index (κ3) is 3.49. The first-order chi connectivity index (χ1) is 13.5. The first kappa shape index (κ1) is 18.9. The fraction of sp³-hybridized carbons (Fsp3) is 0.200. The van der Waals surface area contributed by atoms with Crippen LogP contribution >= 0.6 is 34.4 Å². The SMILES string of the molecule is Cc1cc(C)c(C#N)c(SCc2nc3scc(-c4ccc(C)s4)c3c(=O)[nH]2)n1. The summed E-state index contributed by atoms with van der Waals surface area (Å²) in [7, 11) is 0. The van der Waals surface area contributed by atoms with Crippen LogP contribution in [0, 0.1) is 32.1 Å². The monoisotopic (exact) mass is 424 g/mol. The molecule has 0 radical (unpaired) electrons. The predicted molar refractivity (Wildman–Crippen MR) is 116 cm³/mol. The number of fused-ring (bicyclic) bond motifs is 1. The Balaban J connectivity index is 1.67. The molecule has 0 saturated carbocycles. The van der Waals surface area contributed by atoms with Gasteiger partial charge in [0, 0.05) is 26.4 Å². The Hall–Kier alpha value is -2.47. The number of pyridine rings is 1. The Labute approximate surface area is 174 Å². The quantitative estimate of drug-likeness (QED) is 0.456. The molecule has 5 nitrogen and oxygen atoms in total. The summed E-state index contributed by atoms with van der Waals surface area (Å²) in [6.07, 6.45) is 0. The van der Waals surface area contributed by atoms with Gasteiger partial charge < -0.3 is 4.98 Å². The van der Waals surface area contributed by atoms with E-state index in [1.165, 1.54) is 28.0 Å². The molecule has 0 saturated heterocycles. The van der Waals surface area contributed by atoms with Crippen molar-refractivity contribution in [3.63, 3.8) is 0 Å². The van der Waals surface area contributed by atoms with E-state index in [-0.39, 0.29) is 5.56 Å². The van der Waals surface area contributed by atoms with Crippen LogP contribution in [0.3, 0.4) is 0 Å². The molecule has 4 rings (SSSR count). The van der Waals surface area contributed by atoms with Crippen LogP contribution in [0.5, 0.6) is 0 Å². The number of hydrogen-bond donors (Lipinski definition) is 1. The molecule has 1 N–H and O–H groups in total. The molecule has 0 aliphatic rings. The fourth-order valence-electron chi connectivity index (χ4n) is 3.00. The Kier molecular flexibility index (Phi) is 5.06. The van der Waals surface area contributed by atoms with Gasteiger partial charge >= 0.3 is 0 Å². The summed E-state index contributed by atoms with van der Waals surface area (Å²) >= 11 is 4.57. The van der Waals surface area contributed by atoms with E-state index in [2.05, 4.69) is 34.0 Å². The maximum atomic E-state index is 12.7. The Bertz CT molecular complexity index is 1290. The number of aromatic nitrogens is 3. The van der Waals surface area contributed by atoms with E-state index in [4.69, 9.17) is 0 Å². The van der Waals surface area contributed by atoms with Gasteiger partial charge in [-0.15, -0.1) is 22.7 Å². The minimum absolute atomic E-state index is 0.128. The second-order valence-electron chi connectivity index (χ2n) is 6.41. The van der Waals surface area contributed by atoms with Crippen molar-refractivity contribution in [2.45, 2.75) is 31.6 Å². The first-order valence-corrected chi connectivity index (χ1v) is 11.2. The molecular formula is C20H16N4OS3. The van der Waals surface area contributed by atoms with Crippen LogP contribution in [0.15, 0.2) is 33.4 Å². The molecule has 8 heteroatoms. The van der Waals surface area contributed by atoms with Crippen LogP contribution in [0.4, 0.5) is 0 Å². The lowest BCUT2D eigenvalue weighted by Crippen LogP contribution is -2.10. The van der Waals surface area contributed by atoms with Crippen molar-refractivity contribution < 1.29 is 0 Å². The zero-order chi connectivity index (χ0) is 19.8. The highest BCUT2D eigenvalue weighted by Gasteiger charge is 2.15. The second kappa shape index (κ2) is 7.51. The summed E-state index contributed by atoms with van der Waals surface area (Å²) in [5.74, 6) is 1.03. The number of rotatable bonds is 4. The lowest BCUT2D eigenvalue weighted by atomic mass is 10.1. The third-order valence-corrected chi connectivity index (χ3v) is 7.16. The molecule has 4 heterocycles. The van der Waals surface area contributed by atoms with Crippen molar-refractivity contribution in [1.82, 2.24) is 15.0 Å². The van der Waals surface area contributed by atoms with Gasteiger partial charge in [-0.1, -0.05) is 11.8 Å². The van der Waals surface area contributed by atoms with E-state index in [0.29, 0.717) is 27.6 Å². The summed E-state index contributed by atoms with van der Waals surface area (Å²) in [6, 6.07) is 8.21. The molecule has 0 atom stereocenters. The van der Waals surface area contributed by atoms with Crippen LogP contribution in [-0.4, -0.2) is 15.0 Å². The van der Waals surface area contributed by atoms with E-state index in [1.807, 2.05) is 31.4 Å². The lowest BCUT2D eigenvalue weighted by Gasteiger charge is -2.07. The van der Waals surface area contributed by atoms with Crippen molar-refractivity contribution >= 4 is 44.7 Å². The van der Waals surface area contributed by atoms with E-state index >= 15 is 0 Å². The van der Waals surface area contributed by atoms with E-state index < -0.39 is 0 Å². The van der Waals surface area contributed by atoms with Crippen LogP contribution in [0.2, 0.25) is 0 Å². The molecule has 0 amide bonds. The van der Waals surface area contributed by atoms with Crippen LogP contribution in [-0.2, 0) is 5.75 Å². The smallest absolute Gasteiger partial charge is 0.260 e. The summed E-state index contributed by atoms with van der Waals surface area (Å²) in [5, 5.41) is 12.7. The second-order valence-corrected chi connectivity index (χ2v) is 9.52. The average molecular weight is 425 g/mol. The van der Waals surface area contributed by atoms with Crippen LogP contribution < -0.4 is 5.56 Å². The van der Waals surface area contributed by atoms with Crippen molar-refractivity contribution in [2.75, 3.05) is 0 Å². The predicted octanol–water partition coefficient (Wildman–Crippen LogP) is 5.20. The number of nitrogens with zero attached hydrogens (tertiary/aromatic N) is 3. The molecule has 0 aliphatic carbocycles. The fourth-order valence-corrected chi connectivity index (χ4v) is 5.89. The average Bonchev–Trinajstić information content (AvgIpc) is 3.25. The van der Waals surface area contributed by atoms with Gasteiger partial charge in [-0.25, -0.2) is 9.97 Å². The highest BCUT2D eigenvalue weighted by atomic mass is 32.2. The molecule has 0 spiro atoms. The molecule has 4 aromatic heterocycles. The van der Waals surface area contributed by atoms with Gasteiger partial charge in [0.05, 0.1) is 16.7 Å². The van der Waals surface area contributed by atoms with E-state index in [0.717, 1.165) is 26.5 Å². The molecule has 0 aliphatic heterocycles. The zero-order valence-corrected chi connectivity index (χ0v) is 17.9. The maximum absolute atomic E-state index is 12.7. The first-order valence-electron chi connectivity index (χ1n) is 8.54. The van der Waals surface area contributed by atoms with Gasteiger partial charge in [0.15, 0.2) is 0 Å². The van der Waals surface area contributed by atoms with Gasteiger partial charge in [-0.05, 0) is 44.5 Å². The van der Waals surface area contributed by atoms with Gasteiger partial charge in [-0.2, -0.15) is 5.26 Å². The Morgan fingerprint density at radius 3 is 2.79 bits per heavy atom. The topological polar surface area (TPSA) is 82.4 Å². The highest BCUT2D eigenvalue weighted by Crippen LogP contribution is 2.35. The lowest BCUT2D eigenvalue weighted by molar-refractivity contribution is 1.01. The zero-order valence-electron chi connectivity index (χ0n) is 15.5. The highest BCUT2D eigenvalue weighted by molar-refractivity contribution is 7.98. The number of aryl methyl sites for hydroxylation is 3. The van der Waals surface area contributed by atoms with Gasteiger partial charge in [0.2, 0.25) is 0 Å². The molecule has 4 aromatic rings. The van der Waals surface area contributed by atoms with Crippen molar-refractivity contribution in [2.24, 2.45) is 0 Å². The minimum atomic E-state index is -0.128. The van der Waals surface area contributed by atoms with Gasteiger partial charge in [-0.3, -0.25) is 4.79 Å². The van der Waals surface area contributed by atoms with Crippen molar-refractivity contribution in [1.29, 1.82) is 5.26 Å². The molecular weight excluding hydrogens is 408 g/mol. The standard InChI is InChI=1S/C20H16N4OS3/c1-10-6-11(2)22-19(13(10)7-21)27-9-16-23-18(25)17-14(8-26-20(17)24-16)15-5-4-12(3)28-15/h4-6,8H,9H2,1-3H3,(H,23,24,25). The number of nitriles is 1. The number of H-pyrrole nitrogens is 1. The van der Waals surface area contributed by atoms with E-state index in [9.17, 15) is 10.1 Å². The van der Waals surface area contributed by atoms with Crippen molar-refractivity contribution in [3.8, 4) is 16.5 Å². The largest absolute Gasteiger partial charge is 0.309 e. The molecule has 0 fully saturated rings. The molecule has 0 unspecified atom stereocenters. The number of thiophene rings is 2. The van der Waals surface area contributed by atoms with Gasteiger partial charge in [0.1, 0.15) is 21.7 Å². The Morgan fingerprint density at radius 1 is 1.25 bits per heavy atom. The van der Waals surface area contributed by atoms with Crippen LogP contribution in [0.1, 0.15) is 27.5 Å². The molecule has 0 aromatic carbocycles. The number of hydrogen-bond acceptors (Lipinski definition) is 7. The number of aromatic amines is 1. The minimum Gasteiger partial charge on any atom is -0.309 e. The Morgan fingerprint density at radius 2 is 2.07 bits per heavy atom. The third-order valence-electron chi connectivity index (χ3n) is 4.27. The maximum Gasteiger partial charge on any atom is 0.260 e. The summed E-state index contributed by atoms with van der Waals surface area (Å²) in [4.78, 5) is 27.8. The van der Waals surface area contributed by atoms with Crippen LogP contribution in [0.25, 0.3) is 20.7 Å². The van der Waals surface area contributed by atoms with Crippen molar-refractivity contribution in [3.05, 3.63) is 61.5 Å². The number of nitrogens with one attached hydrogen (secondary N) is 1. The summed E-state index contributed by atoms with van der Waals surface area (Å²) < 4.78 is 0. The number of thioether (sulfide) groups is 1. The van der Waals surface area contributed by atoms with Gasteiger partial charge in [0.25, 0.3) is 5.56 Å². The summed E-state index contributed by atoms with van der Waals surface area (Å²) in [5.41, 5.74) is 3.16. The summed E-state index contributed by atoms with van der Waals surface area (Å²) in [6.45, 7) is 5.86. The molecule has 140 valence electrons. The molecule has 0 bridgehead atoms. The van der Waals surface area contributed by atoms with E-state index in [1.54, 1.807) is 11.3 Å². The normalized spacial score (nSPS) is 11.1. The molecule has 28 heavy (non-hydrogen) atoms.